The maximum absolute atomic E-state index is 12.3. The highest BCUT2D eigenvalue weighted by molar-refractivity contribution is 7.22. The van der Waals surface area contributed by atoms with Crippen molar-refractivity contribution in [1.29, 1.82) is 0 Å². The van der Waals surface area contributed by atoms with Crippen LogP contribution in [0.2, 0.25) is 0 Å². The molecule has 0 atom stereocenters. The molecule has 0 bridgehead atoms. The Kier molecular flexibility index (Phi) is 9.38. The van der Waals surface area contributed by atoms with Gasteiger partial charge in [0, 0.05) is 25.2 Å². The van der Waals surface area contributed by atoms with E-state index in [0.717, 1.165) is 63.8 Å². The number of benzene rings is 3. The number of nitrogens with zero attached hydrogens (tertiary/aromatic N) is 4. The summed E-state index contributed by atoms with van der Waals surface area (Å²) in [6.45, 7) is 1.76. The number of non-ortho nitro benzene ring substituents is 1. The maximum Gasteiger partial charge on any atom is 0.420 e. The molecule has 1 saturated heterocycles. The van der Waals surface area contributed by atoms with E-state index in [-0.39, 0.29) is 30.5 Å². The minimum Gasteiger partial charge on any atom is -0.454 e. The predicted molar refractivity (Wildman–Crippen MR) is 177 cm³/mol. The first-order valence-electron chi connectivity index (χ1n) is 14.8. The Bertz CT molecular complexity index is 2040. The molecule has 4 heterocycles. The third-order valence-electron chi connectivity index (χ3n) is 7.41. The maximum atomic E-state index is 12.3. The number of fused-ring (bicyclic) bond motifs is 3. The van der Waals surface area contributed by atoms with Gasteiger partial charge < -0.3 is 24.1 Å². The molecule has 2 aliphatic rings. The summed E-state index contributed by atoms with van der Waals surface area (Å²) in [6.07, 6.45) is 10.7. The lowest BCUT2D eigenvalue weighted by atomic mass is 10.1. The van der Waals surface area contributed by atoms with Crippen molar-refractivity contribution in [2.24, 2.45) is 0 Å². The van der Waals surface area contributed by atoms with Gasteiger partial charge in [0.15, 0.2) is 22.2 Å². The van der Waals surface area contributed by atoms with Crippen molar-refractivity contribution in [3.8, 4) is 11.5 Å². The van der Waals surface area contributed by atoms with Crippen molar-refractivity contribution in [1.82, 2.24) is 14.5 Å². The highest BCUT2D eigenvalue weighted by Gasteiger charge is 2.17. The molecular weight excluding hydrogens is 626 g/mol. The molecule has 14 heteroatoms. The van der Waals surface area contributed by atoms with Gasteiger partial charge in [-0.2, -0.15) is 0 Å². The Morgan fingerprint density at radius 1 is 1.00 bits per heavy atom. The summed E-state index contributed by atoms with van der Waals surface area (Å²) in [4.78, 5) is 52.6. The SMILES string of the molecule is O=C(C=CC=Cc1ccc2c(c1)OCO2)N1CCCCC1.O=C(Cn1c(=O)oc2cc([N+](=O)[O-])ccc21)Nc1nc2ccccc2s1. The number of nitro benzene ring substituents is 1. The number of rotatable bonds is 7. The summed E-state index contributed by atoms with van der Waals surface area (Å²) < 4.78 is 17.6. The van der Waals surface area contributed by atoms with Crippen LogP contribution in [0.15, 0.2) is 88.1 Å². The number of ether oxygens (including phenoxy) is 2. The van der Waals surface area contributed by atoms with Gasteiger partial charge in [-0.05, 0) is 55.2 Å². The number of para-hydroxylation sites is 1. The second-order valence-electron chi connectivity index (χ2n) is 10.6. The van der Waals surface area contributed by atoms with Crippen LogP contribution in [0.4, 0.5) is 10.8 Å². The molecule has 1 N–H and O–H groups in total. The number of aromatic nitrogens is 2. The molecule has 1 fully saturated rings. The molecule has 2 aliphatic heterocycles. The summed E-state index contributed by atoms with van der Waals surface area (Å²) >= 11 is 1.32. The number of carbonyl (C=O) groups is 2. The quantitative estimate of drug-likeness (QED) is 0.0997. The van der Waals surface area contributed by atoms with Crippen molar-refractivity contribution in [2.45, 2.75) is 25.8 Å². The molecule has 47 heavy (non-hydrogen) atoms. The molecule has 2 amide bonds. The minimum atomic E-state index is -0.764. The highest BCUT2D eigenvalue weighted by atomic mass is 32.1. The number of piperidine rings is 1. The van der Waals surface area contributed by atoms with Gasteiger partial charge >= 0.3 is 5.76 Å². The number of thiazole rings is 1. The first-order valence-corrected chi connectivity index (χ1v) is 15.6. The van der Waals surface area contributed by atoms with E-state index in [0.29, 0.717) is 10.6 Å². The predicted octanol–water partition coefficient (Wildman–Crippen LogP) is 5.75. The van der Waals surface area contributed by atoms with Gasteiger partial charge in [-0.15, -0.1) is 0 Å². The van der Waals surface area contributed by atoms with E-state index in [2.05, 4.69) is 10.3 Å². The molecular formula is C33H29N5O8S. The van der Waals surface area contributed by atoms with Gasteiger partial charge in [0.05, 0.1) is 26.7 Å². The summed E-state index contributed by atoms with van der Waals surface area (Å²) in [6, 6.07) is 17.0. The van der Waals surface area contributed by atoms with Gasteiger partial charge in [0.25, 0.3) is 5.69 Å². The van der Waals surface area contributed by atoms with E-state index in [9.17, 15) is 24.5 Å². The van der Waals surface area contributed by atoms with Crippen LogP contribution in [-0.4, -0.2) is 51.1 Å². The zero-order valence-corrected chi connectivity index (χ0v) is 25.8. The Balaban J connectivity index is 0.000000168. The first-order chi connectivity index (χ1) is 22.8. The number of allylic oxidation sites excluding steroid dienone is 2. The van der Waals surface area contributed by atoms with Crippen LogP contribution in [0.1, 0.15) is 24.8 Å². The smallest absolute Gasteiger partial charge is 0.420 e. The molecule has 0 aliphatic carbocycles. The normalized spacial score (nSPS) is 14.1. The van der Waals surface area contributed by atoms with Crippen LogP contribution in [0.3, 0.4) is 0 Å². The average molecular weight is 656 g/mol. The van der Waals surface area contributed by atoms with E-state index in [1.165, 1.54) is 29.9 Å². The van der Waals surface area contributed by atoms with Crippen molar-refractivity contribution < 1.29 is 28.4 Å². The van der Waals surface area contributed by atoms with Gasteiger partial charge in [-0.25, -0.2) is 9.78 Å². The molecule has 13 nitrogen and oxygen atoms in total. The number of anilines is 1. The zero-order chi connectivity index (χ0) is 32.8. The number of oxazole rings is 1. The fraction of sp³-hybridized carbons (Fsp3) is 0.212. The Morgan fingerprint density at radius 3 is 2.62 bits per heavy atom. The number of hydrogen-bond donors (Lipinski definition) is 1. The molecule has 5 aromatic rings. The Morgan fingerprint density at radius 2 is 1.81 bits per heavy atom. The molecule has 7 rings (SSSR count). The van der Waals surface area contributed by atoms with Crippen molar-refractivity contribution in [3.63, 3.8) is 0 Å². The second-order valence-corrected chi connectivity index (χ2v) is 11.6. The number of hydrogen-bond acceptors (Lipinski definition) is 10. The fourth-order valence-electron chi connectivity index (χ4n) is 5.09. The topological polar surface area (TPSA) is 159 Å². The van der Waals surface area contributed by atoms with Crippen molar-refractivity contribution >= 4 is 61.4 Å². The summed E-state index contributed by atoms with van der Waals surface area (Å²) in [5.41, 5.74) is 1.95. The lowest BCUT2D eigenvalue weighted by Crippen LogP contribution is -2.34. The molecule has 0 radical (unpaired) electrons. The van der Waals surface area contributed by atoms with E-state index in [4.69, 9.17) is 13.9 Å². The monoisotopic (exact) mass is 655 g/mol. The first kappa shape index (κ1) is 31.2. The number of carbonyl (C=O) groups excluding carboxylic acids is 2. The zero-order valence-electron chi connectivity index (χ0n) is 25.0. The van der Waals surface area contributed by atoms with Crippen molar-refractivity contribution in [2.75, 3.05) is 25.2 Å². The number of likely N-dealkylation sites (tertiary alicyclic amines) is 1. The van der Waals surface area contributed by atoms with E-state index >= 15 is 0 Å². The molecule has 2 aromatic heterocycles. The number of amides is 2. The van der Waals surface area contributed by atoms with Crippen LogP contribution in [-0.2, 0) is 16.1 Å². The molecule has 240 valence electrons. The van der Waals surface area contributed by atoms with Crippen molar-refractivity contribution in [3.05, 3.63) is 105 Å². The van der Waals surface area contributed by atoms with Crippen LogP contribution in [0, 0.1) is 10.1 Å². The number of nitro groups is 1. The molecule has 3 aromatic carbocycles. The minimum absolute atomic E-state index is 0.0528. The van der Waals surface area contributed by atoms with Crippen LogP contribution in [0.25, 0.3) is 27.4 Å². The number of nitrogens with one attached hydrogen (secondary N) is 1. The lowest BCUT2D eigenvalue weighted by molar-refractivity contribution is -0.384. The largest absolute Gasteiger partial charge is 0.454 e. The molecule has 0 spiro atoms. The van der Waals surface area contributed by atoms with Gasteiger partial charge in [0.1, 0.15) is 6.54 Å². The van der Waals surface area contributed by atoms with E-state index in [1.54, 1.807) is 12.2 Å². The molecule has 0 unspecified atom stereocenters. The standard InChI is InChI=1S/C17H19NO3.C16H10N4O5S/c19-17(18-10-4-1-5-11-18)7-3-2-6-14-8-9-15-16(12-14)21-13-20-15;21-14(18-15-17-10-3-1-2-4-13(10)26-15)8-19-11-6-5-9(20(23)24)7-12(11)25-16(19)22/h2-3,6-9,12H,1,4-5,10-11,13H2;1-7H,8H2,(H,17,18,21). The van der Waals surface area contributed by atoms with Gasteiger partial charge in [-0.3, -0.25) is 24.3 Å². The van der Waals surface area contributed by atoms with Crippen LogP contribution in [0.5, 0.6) is 11.5 Å². The fourth-order valence-corrected chi connectivity index (χ4v) is 5.97. The molecule has 0 saturated carbocycles. The average Bonchev–Trinajstić information content (AvgIpc) is 3.79. The third-order valence-corrected chi connectivity index (χ3v) is 8.36. The lowest BCUT2D eigenvalue weighted by Gasteiger charge is -2.25. The van der Waals surface area contributed by atoms with Gasteiger partial charge in [-0.1, -0.05) is 47.8 Å². The highest BCUT2D eigenvalue weighted by Crippen LogP contribution is 2.33. The van der Waals surface area contributed by atoms with Crippen LogP contribution >= 0.6 is 11.3 Å². The second kappa shape index (κ2) is 14.1. The Hall–Kier alpha value is -5.76. The van der Waals surface area contributed by atoms with Crippen LogP contribution < -0.4 is 20.5 Å². The summed E-state index contributed by atoms with van der Waals surface area (Å²) in [5, 5.41) is 13.9. The summed E-state index contributed by atoms with van der Waals surface area (Å²) in [7, 11) is 0. The summed E-state index contributed by atoms with van der Waals surface area (Å²) in [5.74, 6) is 0.436. The van der Waals surface area contributed by atoms with E-state index < -0.39 is 16.6 Å². The van der Waals surface area contributed by atoms with Gasteiger partial charge in [0.2, 0.25) is 18.6 Å². The van der Waals surface area contributed by atoms with E-state index in [1.807, 2.05) is 59.5 Å². The Labute approximate surface area is 271 Å². The third kappa shape index (κ3) is 7.56.